The van der Waals surface area contributed by atoms with E-state index >= 15 is 0 Å². The van der Waals surface area contributed by atoms with Crippen LogP contribution in [-0.4, -0.2) is 65.2 Å². The molecule has 3 rings (SSSR count). The van der Waals surface area contributed by atoms with Gasteiger partial charge in [0.25, 0.3) is 0 Å². The van der Waals surface area contributed by atoms with Crippen LogP contribution in [-0.2, 0) is 19.1 Å². The number of methoxy groups -OCH3 is 1. The molecule has 0 N–H and O–H groups in total. The fourth-order valence-corrected chi connectivity index (χ4v) is 4.24. The number of ether oxygens (including phenoxy) is 1. The van der Waals surface area contributed by atoms with Gasteiger partial charge >= 0.3 is 5.97 Å². The lowest BCUT2D eigenvalue weighted by atomic mass is 9.89. The number of benzene rings is 2. The SMILES string of the molecule is COC(=O)[C@@H]1CN(C(=S)CC(C)=O)CCN1C(=O)C(c1ccccc1)c1ccccc1. The minimum atomic E-state index is -0.800. The molecule has 0 saturated carbocycles. The Morgan fingerprint density at radius 1 is 1.00 bits per heavy atom. The van der Waals surface area contributed by atoms with E-state index in [4.69, 9.17) is 17.0 Å². The third kappa shape index (κ3) is 5.35. The molecular weight excluding hydrogens is 412 g/mol. The number of thiocarbonyl (C=S) groups is 1. The molecule has 1 amide bonds. The molecule has 1 heterocycles. The molecule has 6 nitrogen and oxygen atoms in total. The van der Waals surface area contributed by atoms with Crippen LogP contribution in [0, 0.1) is 0 Å². The predicted octanol–water partition coefficient (Wildman–Crippen LogP) is 2.81. The van der Waals surface area contributed by atoms with Crippen LogP contribution in [0.15, 0.2) is 60.7 Å². The largest absolute Gasteiger partial charge is 0.467 e. The Balaban J connectivity index is 1.92. The number of piperazine rings is 1. The Morgan fingerprint density at radius 2 is 1.55 bits per heavy atom. The van der Waals surface area contributed by atoms with E-state index in [1.807, 2.05) is 65.6 Å². The van der Waals surface area contributed by atoms with Crippen LogP contribution < -0.4 is 0 Å². The molecule has 2 aromatic carbocycles. The fraction of sp³-hybridized carbons (Fsp3) is 0.333. The van der Waals surface area contributed by atoms with Crippen molar-refractivity contribution < 1.29 is 19.1 Å². The summed E-state index contributed by atoms with van der Waals surface area (Å²) < 4.78 is 5.00. The van der Waals surface area contributed by atoms with Crippen molar-refractivity contribution in [2.75, 3.05) is 26.7 Å². The van der Waals surface area contributed by atoms with Crippen LogP contribution in [0.5, 0.6) is 0 Å². The predicted molar refractivity (Wildman–Crippen MR) is 122 cm³/mol. The summed E-state index contributed by atoms with van der Waals surface area (Å²) in [7, 11) is 1.31. The minimum absolute atomic E-state index is 0.0358. The van der Waals surface area contributed by atoms with Gasteiger partial charge in [0.05, 0.1) is 24.4 Å². The molecule has 0 aromatic heterocycles. The summed E-state index contributed by atoms with van der Waals surface area (Å²) >= 11 is 5.38. The average Bonchev–Trinajstić information content (AvgIpc) is 2.79. The number of hydrogen-bond acceptors (Lipinski definition) is 5. The van der Waals surface area contributed by atoms with E-state index in [1.165, 1.54) is 14.0 Å². The maximum absolute atomic E-state index is 13.8. The number of carbonyl (C=O) groups is 3. The van der Waals surface area contributed by atoms with E-state index in [1.54, 1.807) is 4.90 Å². The van der Waals surface area contributed by atoms with Gasteiger partial charge < -0.3 is 14.5 Å². The normalized spacial score (nSPS) is 16.2. The third-order valence-corrected chi connectivity index (χ3v) is 5.80. The summed E-state index contributed by atoms with van der Waals surface area (Å²) in [5.41, 5.74) is 1.72. The maximum atomic E-state index is 13.8. The monoisotopic (exact) mass is 438 g/mol. The standard InChI is InChI=1S/C24H26N2O4S/c1-17(27)15-21(31)25-13-14-26(20(16-25)24(29)30-2)23(28)22(18-9-5-3-6-10-18)19-11-7-4-8-12-19/h3-12,20,22H,13-16H2,1-2H3/t20-/m0/s1. The van der Waals surface area contributed by atoms with Crippen LogP contribution >= 0.6 is 12.2 Å². The Labute approximate surface area is 187 Å². The lowest BCUT2D eigenvalue weighted by Gasteiger charge is -2.42. The van der Waals surface area contributed by atoms with Crippen molar-refractivity contribution >= 4 is 34.9 Å². The number of carbonyl (C=O) groups excluding carboxylic acids is 3. The van der Waals surface area contributed by atoms with E-state index < -0.39 is 17.9 Å². The quantitative estimate of drug-likeness (QED) is 0.510. The summed E-state index contributed by atoms with van der Waals surface area (Å²) in [6.07, 6.45) is 0.147. The Kier molecular flexibility index (Phi) is 7.52. The zero-order chi connectivity index (χ0) is 22.4. The van der Waals surface area contributed by atoms with Gasteiger partial charge in [-0.05, 0) is 18.1 Å². The minimum Gasteiger partial charge on any atom is -0.467 e. The summed E-state index contributed by atoms with van der Waals surface area (Å²) in [6, 6.07) is 18.3. The topological polar surface area (TPSA) is 66.9 Å². The van der Waals surface area contributed by atoms with Crippen molar-refractivity contribution in [1.29, 1.82) is 0 Å². The first-order valence-electron chi connectivity index (χ1n) is 10.2. The van der Waals surface area contributed by atoms with Gasteiger partial charge in [0.15, 0.2) is 0 Å². The van der Waals surface area contributed by atoms with Gasteiger partial charge in [0.2, 0.25) is 5.91 Å². The Hall–Kier alpha value is -3.06. The molecule has 0 aliphatic carbocycles. The average molecular weight is 439 g/mol. The highest BCUT2D eigenvalue weighted by atomic mass is 32.1. The number of Topliss-reactive ketones (excluding diaryl/α,β-unsaturated/α-hetero) is 1. The zero-order valence-corrected chi connectivity index (χ0v) is 18.5. The third-order valence-electron chi connectivity index (χ3n) is 5.40. The second-order valence-corrected chi connectivity index (χ2v) is 8.01. The Bertz CT molecular complexity index is 909. The number of rotatable bonds is 6. The Morgan fingerprint density at radius 3 is 2.03 bits per heavy atom. The summed E-state index contributed by atoms with van der Waals surface area (Å²) in [5, 5.41) is 0. The van der Waals surface area contributed by atoms with Crippen molar-refractivity contribution in [2.45, 2.75) is 25.3 Å². The van der Waals surface area contributed by atoms with Crippen LogP contribution in [0.1, 0.15) is 30.4 Å². The summed E-state index contributed by atoms with van der Waals surface area (Å²) in [6.45, 7) is 2.46. The molecule has 0 radical (unpaired) electrons. The number of amides is 1. The number of hydrogen-bond donors (Lipinski definition) is 0. The molecule has 1 atom stereocenters. The molecule has 0 spiro atoms. The van der Waals surface area contributed by atoms with Gasteiger partial charge in [-0.2, -0.15) is 0 Å². The fourth-order valence-electron chi connectivity index (χ4n) is 3.87. The van der Waals surface area contributed by atoms with Crippen LogP contribution in [0.4, 0.5) is 0 Å². The molecule has 1 fully saturated rings. The second-order valence-electron chi connectivity index (χ2n) is 7.54. The zero-order valence-electron chi connectivity index (χ0n) is 17.7. The van der Waals surface area contributed by atoms with Gasteiger partial charge in [-0.1, -0.05) is 72.9 Å². The van der Waals surface area contributed by atoms with Crippen molar-refractivity contribution in [3.8, 4) is 0 Å². The van der Waals surface area contributed by atoms with Gasteiger partial charge in [-0.3, -0.25) is 9.59 Å². The molecule has 2 aromatic rings. The molecule has 162 valence electrons. The molecule has 1 aliphatic heterocycles. The molecule has 31 heavy (non-hydrogen) atoms. The first-order chi connectivity index (χ1) is 14.9. The summed E-state index contributed by atoms with van der Waals surface area (Å²) in [5.74, 6) is -1.23. The van der Waals surface area contributed by atoms with E-state index in [2.05, 4.69) is 0 Å². The lowest BCUT2D eigenvalue weighted by Crippen LogP contribution is -2.60. The summed E-state index contributed by atoms with van der Waals surface area (Å²) in [4.78, 5) is 41.8. The molecular formula is C24H26N2O4S. The highest BCUT2D eigenvalue weighted by Crippen LogP contribution is 2.29. The van der Waals surface area contributed by atoms with Crippen molar-refractivity contribution in [2.24, 2.45) is 0 Å². The van der Waals surface area contributed by atoms with Crippen LogP contribution in [0.25, 0.3) is 0 Å². The van der Waals surface area contributed by atoms with Gasteiger partial charge in [0.1, 0.15) is 11.8 Å². The van der Waals surface area contributed by atoms with Crippen molar-refractivity contribution in [1.82, 2.24) is 9.80 Å². The number of nitrogens with zero attached hydrogens (tertiary/aromatic N) is 2. The number of esters is 1. The van der Waals surface area contributed by atoms with E-state index in [-0.39, 0.29) is 24.7 Å². The highest BCUT2D eigenvalue weighted by Gasteiger charge is 2.40. The molecule has 1 aliphatic rings. The van der Waals surface area contributed by atoms with E-state index in [0.717, 1.165) is 11.1 Å². The molecule has 7 heteroatoms. The van der Waals surface area contributed by atoms with Gasteiger partial charge in [0, 0.05) is 19.6 Å². The highest BCUT2D eigenvalue weighted by molar-refractivity contribution is 7.80. The first-order valence-corrected chi connectivity index (χ1v) is 10.6. The van der Waals surface area contributed by atoms with Crippen molar-refractivity contribution in [3.05, 3.63) is 71.8 Å². The van der Waals surface area contributed by atoms with Gasteiger partial charge in [-0.25, -0.2) is 4.79 Å². The molecule has 0 unspecified atom stereocenters. The van der Waals surface area contributed by atoms with E-state index in [9.17, 15) is 14.4 Å². The number of ketones is 1. The van der Waals surface area contributed by atoms with Crippen LogP contribution in [0.2, 0.25) is 0 Å². The maximum Gasteiger partial charge on any atom is 0.330 e. The smallest absolute Gasteiger partial charge is 0.330 e. The van der Waals surface area contributed by atoms with Gasteiger partial charge in [-0.15, -0.1) is 0 Å². The second kappa shape index (κ2) is 10.3. The van der Waals surface area contributed by atoms with E-state index in [0.29, 0.717) is 18.1 Å². The van der Waals surface area contributed by atoms with Crippen LogP contribution in [0.3, 0.4) is 0 Å². The first kappa shape index (κ1) is 22.6. The van der Waals surface area contributed by atoms with Crippen molar-refractivity contribution in [3.63, 3.8) is 0 Å². The molecule has 1 saturated heterocycles. The lowest BCUT2D eigenvalue weighted by molar-refractivity contribution is -0.155. The molecule has 0 bridgehead atoms.